The third-order valence-electron chi connectivity index (χ3n) is 9.15. The SMILES string of the molecule is COc1cc2c(cc1O)CCNC2Cc1ccc(OC)c(-c2cc(CC3c4cc(OC)c(O)cc4CCN3C)ccc2O)c1. The van der Waals surface area contributed by atoms with Crippen molar-refractivity contribution in [2.24, 2.45) is 0 Å². The van der Waals surface area contributed by atoms with Gasteiger partial charge in [0.2, 0.25) is 0 Å². The van der Waals surface area contributed by atoms with E-state index in [4.69, 9.17) is 14.2 Å². The van der Waals surface area contributed by atoms with Crippen molar-refractivity contribution in [2.45, 2.75) is 37.8 Å². The zero-order valence-electron chi connectivity index (χ0n) is 25.7. The summed E-state index contributed by atoms with van der Waals surface area (Å²) in [6.45, 7) is 1.70. The molecule has 2 aliphatic heterocycles. The van der Waals surface area contributed by atoms with Crippen molar-refractivity contribution in [2.75, 3.05) is 41.5 Å². The first-order chi connectivity index (χ1) is 21.3. The molecule has 0 aromatic heterocycles. The number of fused-ring (bicyclic) bond motifs is 2. The Hall–Kier alpha value is -4.40. The van der Waals surface area contributed by atoms with Gasteiger partial charge in [-0.25, -0.2) is 0 Å². The Morgan fingerprint density at radius 1 is 0.682 bits per heavy atom. The molecule has 230 valence electrons. The van der Waals surface area contributed by atoms with Crippen molar-refractivity contribution >= 4 is 0 Å². The molecule has 0 radical (unpaired) electrons. The maximum absolute atomic E-state index is 11.1. The van der Waals surface area contributed by atoms with Gasteiger partial charge in [0.05, 0.1) is 21.3 Å². The number of hydrogen-bond donors (Lipinski definition) is 4. The number of phenolic OH excluding ortho intramolecular Hbond substituents is 3. The van der Waals surface area contributed by atoms with Crippen LogP contribution in [0.3, 0.4) is 0 Å². The van der Waals surface area contributed by atoms with Gasteiger partial charge in [-0.15, -0.1) is 0 Å². The number of hydrogen-bond acceptors (Lipinski definition) is 8. The number of rotatable bonds is 8. The Bertz CT molecular complexity index is 1690. The third-order valence-corrected chi connectivity index (χ3v) is 9.15. The minimum atomic E-state index is 0.0489. The number of nitrogens with one attached hydrogen (secondary N) is 1. The summed E-state index contributed by atoms with van der Waals surface area (Å²) in [5, 5.41) is 35.4. The van der Waals surface area contributed by atoms with Gasteiger partial charge in [0, 0.05) is 29.8 Å². The minimum absolute atomic E-state index is 0.0489. The van der Waals surface area contributed by atoms with Crippen LogP contribution in [0.25, 0.3) is 11.1 Å². The number of ether oxygens (including phenoxy) is 3. The van der Waals surface area contributed by atoms with E-state index in [1.807, 2.05) is 36.4 Å². The fourth-order valence-corrected chi connectivity index (χ4v) is 6.76. The lowest BCUT2D eigenvalue weighted by molar-refractivity contribution is 0.228. The highest BCUT2D eigenvalue weighted by Gasteiger charge is 2.28. The second kappa shape index (κ2) is 12.3. The number of benzene rings is 4. The monoisotopic (exact) mass is 596 g/mol. The highest BCUT2D eigenvalue weighted by Crippen LogP contribution is 2.42. The zero-order valence-corrected chi connectivity index (χ0v) is 25.7. The van der Waals surface area contributed by atoms with Crippen LogP contribution in [0.2, 0.25) is 0 Å². The Morgan fingerprint density at radius 3 is 2.00 bits per heavy atom. The molecular formula is C36H40N2O6. The maximum atomic E-state index is 11.1. The average molecular weight is 597 g/mol. The molecule has 4 aromatic carbocycles. The molecule has 6 rings (SSSR count). The topological polar surface area (TPSA) is 104 Å². The molecule has 0 amide bonds. The standard InChI is InChI=1S/C36H40N2O6/c1-38-12-10-24-18-33(41)36(44-4)20-26(24)30(38)16-22-5-7-31(39)27(13-22)28-14-21(6-8-34(28)42-2)15-29-25-19-35(43-3)32(40)17-23(25)9-11-37-29/h5-8,13-14,17-20,29-30,37,39-41H,9-12,15-16H2,1-4H3. The Labute approximate surface area is 258 Å². The van der Waals surface area contributed by atoms with E-state index in [9.17, 15) is 15.3 Å². The lowest BCUT2D eigenvalue weighted by atomic mass is 9.87. The minimum Gasteiger partial charge on any atom is -0.507 e. The smallest absolute Gasteiger partial charge is 0.160 e. The number of methoxy groups -OCH3 is 3. The van der Waals surface area contributed by atoms with E-state index in [0.29, 0.717) is 22.8 Å². The third kappa shape index (κ3) is 5.63. The van der Waals surface area contributed by atoms with Gasteiger partial charge in [0.15, 0.2) is 23.0 Å². The molecule has 8 nitrogen and oxygen atoms in total. The molecule has 0 fully saturated rings. The zero-order chi connectivity index (χ0) is 31.0. The fourth-order valence-electron chi connectivity index (χ4n) is 6.76. The van der Waals surface area contributed by atoms with E-state index in [0.717, 1.165) is 77.7 Å². The summed E-state index contributed by atoms with van der Waals surface area (Å²) < 4.78 is 16.6. The fraction of sp³-hybridized carbons (Fsp3) is 0.333. The van der Waals surface area contributed by atoms with Gasteiger partial charge in [-0.1, -0.05) is 12.1 Å². The van der Waals surface area contributed by atoms with E-state index >= 15 is 0 Å². The maximum Gasteiger partial charge on any atom is 0.160 e. The Balaban J connectivity index is 1.32. The molecule has 44 heavy (non-hydrogen) atoms. The van der Waals surface area contributed by atoms with Crippen molar-refractivity contribution in [3.63, 3.8) is 0 Å². The van der Waals surface area contributed by atoms with Crippen molar-refractivity contribution in [3.8, 4) is 45.6 Å². The molecule has 2 atom stereocenters. The molecule has 0 spiro atoms. The van der Waals surface area contributed by atoms with Crippen LogP contribution >= 0.6 is 0 Å². The number of likely N-dealkylation sites (N-methyl/N-ethyl adjacent to an activating group) is 1. The molecule has 0 saturated heterocycles. The van der Waals surface area contributed by atoms with Gasteiger partial charge >= 0.3 is 0 Å². The van der Waals surface area contributed by atoms with Crippen LogP contribution in [0, 0.1) is 0 Å². The summed E-state index contributed by atoms with van der Waals surface area (Å²) in [4.78, 5) is 2.33. The molecular weight excluding hydrogens is 556 g/mol. The highest BCUT2D eigenvalue weighted by atomic mass is 16.5. The van der Waals surface area contributed by atoms with Gasteiger partial charge < -0.3 is 34.8 Å². The molecule has 0 aliphatic carbocycles. The molecule has 2 unspecified atom stereocenters. The first kappa shape index (κ1) is 29.7. The second-order valence-electron chi connectivity index (χ2n) is 11.7. The Morgan fingerprint density at radius 2 is 1.30 bits per heavy atom. The first-order valence-corrected chi connectivity index (χ1v) is 15.0. The summed E-state index contributed by atoms with van der Waals surface area (Å²) in [7, 11) is 6.90. The highest BCUT2D eigenvalue weighted by molar-refractivity contribution is 5.77. The van der Waals surface area contributed by atoms with Crippen LogP contribution in [-0.2, 0) is 25.7 Å². The average Bonchev–Trinajstić information content (AvgIpc) is 3.03. The van der Waals surface area contributed by atoms with Crippen LogP contribution in [-0.4, -0.2) is 61.7 Å². The van der Waals surface area contributed by atoms with E-state index < -0.39 is 0 Å². The van der Waals surface area contributed by atoms with Crippen LogP contribution in [0.5, 0.6) is 34.5 Å². The van der Waals surface area contributed by atoms with Gasteiger partial charge in [-0.05, 0) is 121 Å². The molecule has 0 bridgehead atoms. The van der Waals surface area contributed by atoms with Gasteiger partial charge in [-0.2, -0.15) is 0 Å². The normalized spacial score (nSPS) is 17.9. The van der Waals surface area contributed by atoms with Crippen LogP contribution < -0.4 is 19.5 Å². The summed E-state index contributed by atoms with van der Waals surface area (Å²) in [6.07, 6.45) is 3.15. The van der Waals surface area contributed by atoms with Crippen LogP contribution in [0.1, 0.15) is 45.5 Å². The van der Waals surface area contributed by atoms with Crippen molar-refractivity contribution in [3.05, 3.63) is 94.0 Å². The molecule has 2 heterocycles. The van der Waals surface area contributed by atoms with Crippen molar-refractivity contribution < 1.29 is 29.5 Å². The molecule has 8 heteroatoms. The van der Waals surface area contributed by atoms with E-state index in [1.165, 1.54) is 0 Å². The summed E-state index contributed by atoms with van der Waals surface area (Å²) in [5.74, 6) is 2.14. The lowest BCUT2D eigenvalue weighted by Crippen LogP contribution is -2.33. The number of aromatic hydroxyl groups is 3. The van der Waals surface area contributed by atoms with E-state index in [2.05, 4.69) is 35.5 Å². The Kier molecular flexibility index (Phi) is 8.29. The van der Waals surface area contributed by atoms with E-state index in [1.54, 1.807) is 27.4 Å². The molecule has 4 N–H and O–H groups in total. The summed E-state index contributed by atoms with van der Waals surface area (Å²) >= 11 is 0. The largest absolute Gasteiger partial charge is 0.507 e. The second-order valence-corrected chi connectivity index (χ2v) is 11.7. The number of phenols is 3. The van der Waals surface area contributed by atoms with Crippen LogP contribution in [0.15, 0.2) is 60.7 Å². The predicted molar refractivity (Wildman–Crippen MR) is 170 cm³/mol. The lowest BCUT2D eigenvalue weighted by Gasteiger charge is -2.35. The van der Waals surface area contributed by atoms with Gasteiger partial charge in [-0.3, -0.25) is 4.90 Å². The van der Waals surface area contributed by atoms with Crippen molar-refractivity contribution in [1.29, 1.82) is 0 Å². The van der Waals surface area contributed by atoms with Gasteiger partial charge in [0.1, 0.15) is 11.5 Å². The molecule has 4 aromatic rings. The van der Waals surface area contributed by atoms with Crippen molar-refractivity contribution in [1.82, 2.24) is 10.2 Å². The van der Waals surface area contributed by atoms with Gasteiger partial charge in [0.25, 0.3) is 0 Å². The molecule has 2 aliphatic rings. The molecule has 0 saturated carbocycles. The number of nitrogens with zero attached hydrogens (tertiary/aromatic N) is 1. The predicted octanol–water partition coefficient (Wildman–Crippen LogP) is 5.70. The van der Waals surface area contributed by atoms with E-state index in [-0.39, 0.29) is 29.3 Å². The summed E-state index contributed by atoms with van der Waals surface area (Å²) in [5.41, 5.74) is 8.23. The quantitative estimate of drug-likeness (QED) is 0.206. The first-order valence-electron chi connectivity index (χ1n) is 15.0. The van der Waals surface area contributed by atoms with Crippen LogP contribution in [0.4, 0.5) is 0 Å². The summed E-state index contributed by atoms with van der Waals surface area (Å²) in [6, 6.07) is 19.6.